The first-order valence-electron chi connectivity index (χ1n) is 2.80. The second-order valence-corrected chi connectivity index (χ2v) is 3.08. The molecule has 10 heavy (non-hydrogen) atoms. The van der Waals surface area contributed by atoms with E-state index in [1.54, 1.807) is 10.7 Å². The van der Waals surface area contributed by atoms with Gasteiger partial charge in [0.2, 0.25) is 0 Å². The maximum atomic E-state index is 5.38. The van der Waals surface area contributed by atoms with Gasteiger partial charge in [0.05, 0.1) is 6.54 Å². The van der Waals surface area contributed by atoms with Crippen molar-refractivity contribution in [3.05, 3.63) is 23.3 Å². The molecule has 0 saturated heterocycles. The Balaban J connectivity index is 2.67. The van der Waals surface area contributed by atoms with Gasteiger partial charge in [-0.15, -0.1) is 0 Å². The second-order valence-electron chi connectivity index (χ2n) is 1.96. The summed E-state index contributed by atoms with van der Waals surface area (Å²) < 4.78 is 2.60. The van der Waals surface area contributed by atoms with Crippen LogP contribution >= 0.6 is 15.9 Å². The molecule has 0 aliphatic heterocycles. The summed E-state index contributed by atoms with van der Waals surface area (Å²) in [6.45, 7) is 4.34. The van der Waals surface area contributed by atoms with Crippen molar-refractivity contribution in [1.82, 2.24) is 9.78 Å². The van der Waals surface area contributed by atoms with Crippen molar-refractivity contribution in [2.75, 3.05) is 5.73 Å². The van der Waals surface area contributed by atoms with Crippen LogP contribution in [0.1, 0.15) is 0 Å². The first kappa shape index (κ1) is 7.34. The number of nitrogens with zero attached hydrogens (tertiary/aromatic N) is 2. The Morgan fingerprint density at radius 1 is 1.90 bits per heavy atom. The van der Waals surface area contributed by atoms with E-state index in [0.29, 0.717) is 12.4 Å². The molecule has 0 bridgehead atoms. The highest BCUT2D eigenvalue weighted by atomic mass is 79.9. The van der Waals surface area contributed by atoms with Crippen molar-refractivity contribution in [3.8, 4) is 0 Å². The summed E-state index contributed by atoms with van der Waals surface area (Å²) in [5.74, 6) is 0.536. The minimum atomic E-state index is 0.536. The van der Waals surface area contributed by atoms with Crippen LogP contribution in [-0.4, -0.2) is 9.78 Å². The van der Waals surface area contributed by atoms with Crippen LogP contribution in [-0.2, 0) is 6.54 Å². The predicted octanol–water partition coefficient (Wildman–Crippen LogP) is 1.37. The van der Waals surface area contributed by atoms with Crippen LogP contribution in [0.25, 0.3) is 0 Å². The zero-order chi connectivity index (χ0) is 7.56. The van der Waals surface area contributed by atoms with E-state index in [9.17, 15) is 0 Å². The van der Waals surface area contributed by atoms with Gasteiger partial charge in [0.15, 0.2) is 0 Å². The molecule has 0 radical (unpaired) electrons. The molecule has 0 unspecified atom stereocenters. The summed E-state index contributed by atoms with van der Waals surface area (Å²) in [7, 11) is 0. The number of anilines is 1. The number of rotatable bonds is 2. The highest BCUT2D eigenvalue weighted by Gasteiger charge is 1.93. The quantitative estimate of drug-likeness (QED) is 0.786. The van der Waals surface area contributed by atoms with Crippen LogP contribution in [0.15, 0.2) is 23.3 Å². The number of allylic oxidation sites excluding steroid dienone is 1. The number of nitrogen functional groups attached to an aromatic ring is 1. The predicted molar refractivity (Wildman–Crippen MR) is 44.7 cm³/mol. The minimum Gasteiger partial charge on any atom is -0.382 e. The number of halogens is 1. The first-order valence-corrected chi connectivity index (χ1v) is 3.60. The molecular weight excluding hydrogens is 194 g/mol. The average molecular weight is 202 g/mol. The lowest BCUT2D eigenvalue weighted by Gasteiger charge is -1.95. The van der Waals surface area contributed by atoms with E-state index in [2.05, 4.69) is 27.6 Å². The molecule has 0 saturated carbocycles. The number of aromatic nitrogens is 2. The topological polar surface area (TPSA) is 43.8 Å². The van der Waals surface area contributed by atoms with E-state index in [-0.39, 0.29) is 0 Å². The van der Waals surface area contributed by atoms with Crippen molar-refractivity contribution in [1.29, 1.82) is 0 Å². The van der Waals surface area contributed by atoms with E-state index >= 15 is 0 Å². The number of hydrogen-bond donors (Lipinski definition) is 1. The van der Waals surface area contributed by atoms with Crippen LogP contribution in [0.5, 0.6) is 0 Å². The lowest BCUT2D eigenvalue weighted by atomic mass is 10.6. The molecule has 54 valence electrons. The molecule has 1 aromatic heterocycles. The SMILES string of the molecule is C=C(Br)Cn1ccc(N)n1. The Bertz CT molecular complexity index is 241. The van der Waals surface area contributed by atoms with E-state index in [4.69, 9.17) is 5.73 Å². The summed E-state index contributed by atoms with van der Waals surface area (Å²) in [6.07, 6.45) is 1.81. The van der Waals surface area contributed by atoms with Gasteiger partial charge in [-0.25, -0.2) is 0 Å². The van der Waals surface area contributed by atoms with Crippen LogP contribution in [0.4, 0.5) is 5.82 Å². The summed E-state index contributed by atoms with van der Waals surface area (Å²) in [6, 6.07) is 1.75. The Hall–Kier alpha value is -0.770. The number of hydrogen-bond acceptors (Lipinski definition) is 2. The van der Waals surface area contributed by atoms with Gasteiger partial charge in [-0.05, 0) is 6.07 Å². The molecule has 4 heteroatoms. The lowest BCUT2D eigenvalue weighted by Crippen LogP contribution is -1.98. The fourth-order valence-corrected chi connectivity index (χ4v) is 0.898. The van der Waals surface area contributed by atoms with E-state index in [1.165, 1.54) is 0 Å². The highest BCUT2D eigenvalue weighted by Crippen LogP contribution is 2.05. The molecule has 0 aromatic carbocycles. The molecule has 3 nitrogen and oxygen atoms in total. The molecule has 0 spiro atoms. The first-order chi connectivity index (χ1) is 4.68. The van der Waals surface area contributed by atoms with Crippen molar-refractivity contribution in [3.63, 3.8) is 0 Å². The molecule has 0 amide bonds. The zero-order valence-corrected chi connectivity index (χ0v) is 7.00. The Kier molecular flexibility index (Phi) is 2.11. The summed E-state index contributed by atoms with van der Waals surface area (Å²) in [4.78, 5) is 0. The summed E-state index contributed by atoms with van der Waals surface area (Å²) in [5.41, 5.74) is 5.38. The molecular formula is C6H8BrN3. The van der Waals surface area contributed by atoms with Gasteiger partial charge in [-0.2, -0.15) is 5.10 Å². The van der Waals surface area contributed by atoms with Crippen LogP contribution in [0.2, 0.25) is 0 Å². The third-order valence-corrected chi connectivity index (χ3v) is 1.25. The Morgan fingerprint density at radius 3 is 3.00 bits per heavy atom. The van der Waals surface area contributed by atoms with Gasteiger partial charge < -0.3 is 5.73 Å². The smallest absolute Gasteiger partial charge is 0.145 e. The van der Waals surface area contributed by atoms with Crippen molar-refractivity contribution < 1.29 is 0 Å². The summed E-state index contributed by atoms with van der Waals surface area (Å²) in [5, 5.41) is 3.95. The lowest BCUT2D eigenvalue weighted by molar-refractivity contribution is 0.702. The van der Waals surface area contributed by atoms with Crippen LogP contribution in [0.3, 0.4) is 0 Å². The van der Waals surface area contributed by atoms with E-state index in [0.717, 1.165) is 4.48 Å². The second kappa shape index (κ2) is 2.88. The van der Waals surface area contributed by atoms with Gasteiger partial charge >= 0.3 is 0 Å². The fourth-order valence-electron chi connectivity index (χ4n) is 0.641. The monoisotopic (exact) mass is 201 g/mol. The minimum absolute atomic E-state index is 0.536. The number of nitrogens with two attached hydrogens (primary N) is 1. The maximum Gasteiger partial charge on any atom is 0.145 e. The van der Waals surface area contributed by atoms with Gasteiger partial charge in [0, 0.05) is 10.7 Å². The molecule has 1 rings (SSSR count). The third-order valence-electron chi connectivity index (χ3n) is 0.995. The van der Waals surface area contributed by atoms with Gasteiger partial charge in [-0.3, -0.25) is 4.68 Å². The molecule has 2 N–H and O–H groups in total. The normalized spacial score (nSPS) is 9.70. The molecule has 0 aliphatic rings. The largest absolute Gasteiger partial charge is 0.382 e. The highest BCUT2D eigenvalue weighted by molar-refractivity contribution is 9.11. The Morgan fingerprint density at radius 2 is 2.60 bits per heavy atom. The average Bonchev–Trinajstić information content (AvgIpc) is 2.13. The third kappa shape index (κ3) is 1.88. The molecule has 0 aliphatic carbocycles. The van der Waals surface area contributed by atoms with Crippen molar-refractivity contribution in [2.45, 2.75) is 6.54 Å². The molecule has 0 fully saturated rings. The van der Waals surface area contributed by atoms with E-state index < -0.39 is 0 Å². The van der Waals surface area contributed by atoms with Crippen LogP contribution in [0, 0.1) is 0 Å². The maximum absolute atomic E-state index is 5.38. The molecule has 1 heterocycles. The standard InChI is InChI=1S/C6H8BrN3/c1-5(7)4-10-3-2-6(8)9-10/h2-3H,1,4H2,(H2,8,9). The van der Waals surface area contributed by atoms with Crippen molar-refractivity contribution >= 4 is 21.7 Å². The van der Waals surface area contributed by atoms with Gasteiger partial charge in [0.25, 0.3) is 0 Å². The molecule has 1 aromatic rings. The molecule has 0 atom stereocenters. The van der Waals surface area contributed by atoms with E-state index in [1.807, 2.05) is 6.20 Å². The zero-order valence-electron chi connectivity index (χ0n) is 5.42. The summed E-state index contributed by atoms with van der Waals surface area (Å²) >= 11 is 3.22. The fraction of sp³-hybridized carbons (Fsp3) is 0.167. The van der Waals surface area contributed by atoms with Crippen LogP contribution < -0.4 is 5.73 Å². The van der Waals surface area contributed by atoms with Crippen molar-refractivity contribution in [2.24, 2.45) is 0 Å². The Labute approximate surface area is 67.7 Å². The van der Waals surface area contributed by atoms with Gasteiger partial charge in [-0.1, -0.05) is 22.5 Å². The van der Waals surface area contributed by atoms with Gasteiger partial charge in [0.1, 0.15) is 5.82 Å².